The molecule has 0 saturated carbocycles. The molecule has 0 radical (unpaired) electrons. The van der Waals surface area contributed by atoms with Crippen LogP contribution in [-0.2, 0) is 14.8 Å². The summed E-state index contributed by atoms with van der Waals surface area (Å²) in [6.07, 6.45) is 0. The fourth-order valence-corrected chi connectivity index (χ4v) is 3.11. The van der Waals surface area contributed by atoms with Crippen LogP contribution >= 0.6 is 0 Å². The number of anilines is 1. The molecule has 0 amide bonds. The van der Waals surface area contributed by atoms with Crippen LogP contribution in [0, 0.1) is 0 Å². The summed E-state index contributed by atoms with van der Waals surface area (Å²) in [6, 6.07) is 7.05. The number of hydrogen-bond donors (Lipinski definition) is 1. The van der Waals surface area contributed by atoms with Crippen molar-refractivity contribution in [2.24, 2.45) is 5.73 Å². The number of nitrogens with zero attached hydrogens (tertiary/aromatic N) is 2. The van der Waals surface area contributed by atoms with Crippen molar-refractivity contribution in [3.05, 3.63) is 24.3 Å². The Bertz CT molecular complexity index is 542. The van der Waals surface area contributed by atoms with E-state index < -0.39 is 10.0 Å². The number of nitrogens with two attached hydrogens (primary N) is 1. The average molecular weight is 299 g/mol. The van der Waals surface area contributed by atoms with Crippen LogP contribution < -0.4 is 10.6 Å². The zero-order valence-corrected chi connectivity index (χ0v) is 12.6. The lowest BCUT2D eigenvalue weighted by atomic mass is 10.2. The number of rotatable bonds is 4. The molecule has 112 valence electrons. The van der Waals surface area contributed by atoms with E-state index in [0.29, 0.717) is 24.7 Å². The molecule has 1 aromatic rings. The monoisotopic (exact) mass is 299 g/mol. The molecule has 1 aromatic carbocycles. The molecule has 1 aliphatic rings. The van der Waals surface area contributed by atoms with Crippen LogP contribution in [-0.4, -0.2) is 59.2 Å². The van der Waals surface area contributed by atoms with Gasteiger partial charge in [-0.1, -0.05) is 0 Å². The van der Waals surface area contributed by atoms with Gasteiger partial charge in [0.25, 0.3) is 0 Å². The SMILES string of the molecule is CN(C)S(=O)(=O)c1ccc(N2CCOCC2CN)cc1. The molecule has 1 fully saturated rings. The normalized spacial score (nSPS) is 20.4. The molecule has 7 heteroatoms. The summed E-state index contributed by atoms with van der Waals surface area (Å²) in [4.78, 5) is 2.46. The van der Waals surface area contributed by atoms with Crippen LogP contribution in [0.15, 0.2) is 29.2 Å². The highest BCUT2D eigenvalue weighted by molar-refractivity contribution is 7.89. The minimum atomic E-state index is -3.38. The fourth-order valence-electron chi connectivity index (χ4n) is 2.21. The van der Waals surface area contributed by atoms with Gasteiger partial charge in [0.2, 0.25) is 10.0 Å². The van der Waals surface area contributed by atoms with Gasteiger partial charge in [-0.2, -0.15) is 0 Å². The van der Waals surface area contributed by atoms with E-state index in [2.05, 4.69) is 4.90 Å². The van der Waals surface area contributed by atoms with E-state index in [-0.39, 0.29) is 6.04 Å². The summed E-state index contributed by atoms with van der Waals surface area (Å²) < 4.78 is 30.6. The Hall–Kier alpha value is -1.15. The van der Waals surface area contributed by atoms with Crippen molar-refractivity contribution >= 4 is 15.7 Å². The van der Waals surface area contributed by atoms with Gasteiger partial charge in [-0.25, -0.2) is 12.7 Å². The maximum atomic E-state index is 12.0. The quantitative estimate of drug-likeness (QED) is 0.853. The Morgan fingerprint density at radius 3 is 2.55 bits per heavy atom. The molecule has 1 aliphatic heterocycles. The summed E-state index contributed by atoms with van der Waals surface area (Å²) >= 11 is 0. The molecule has 1 saturated heterocycles. The highest BCUT2D eigenvalue weighted by atomic mass is 32.2. The van der Waals surface area contributed by atoms with Gasteiger partial charge in [0.15, 0.2) is 0 Å². The molecule has 0 spiro atoms. The number of morpholine rings is 1. The second-order valence-corrected chi connectivity index (χ2v) is 7.09. The van der Waals surface area contributed by atoms with E-state index in [0.717, 1.165) is 12.2 Å². The van der Waals surface area contributed by atoms with Crippen LogP contribution in [0.5, 0.6) is 0 Å². The first kappa shape index (κ1) is 15.2. The maximum absolute atomic E-state index is 12.0. The number of hydrogen-bond acceptors (Lipinski definition) is 5. The lowest BCUT2D eigenvalue weighted by molar-refractivity contribution is 0.0963. The van der Waals surface area contributed by atoms with Gasteiger partial charge in [-0.15, -0.1) is 0 Å². The predicted molar refractivity (Wildman–Crippen MR) is 78.3 cm³/mol. The zero-order chi connectivity index (χ0) is 14.8. The topological polar surface area (TPSA) is 75.9 Å². The third-order valence-corrected chi connectivity index (χ3v) is 5.28. The Kier molecular flexibility index (Phi) is 4.64. The van der Waals surface area contributed by atoms with Crippen molar-refractivity contribution in [1.82, 2.24) is 4.31 Å². The molecule has 0 aromatic heterocycles. The molecule has 1 heterocycles. The highest BCUT2D eigenvalue weighted by Crippen LogP contribution is 2.22. The minimum Gasteiger partial charge on any atom is -0.377 e. The Morgan fingerprint density at radius 1 is 1.35 bits per heavy atom. The zero-order valence-electron chi connectivity index (χ0n) is 11.8. The van der Waals surface area contributed by atoms with Crippen molar-refractivity contribution in [3.8, 4) is 0 Å². The molecule has 6 nitrogen and oxygen atoms in total. The summed E-state index contributed by atoms with van der Waals surface area (Å²) in [5, 5.41) is 0. The standard InChI is InChI=1S/C13H21N3O3S/c1-15(2)20(17,18)13-5-3-11(4-6-13)16-7-8-19-10-12(16)9-14/h3-6,12H,7-10,14H2,1-2H3. The van der Waals surface area contributed by atoms with E-state index in [4.69, 9.17) is 10.5 Å². The molecule has 2 rings (SSSR count). The van der Waals surface area contributed by atoms with Gasteiger partial charge in [0.05, 0.1) is 24.2 Å². The smallest absolute Gasteiger partial charge is 0.242 e. The van der Waals surface area contributed by atoms with Gasteiger partial charge in [0.1, 0.15) is 0 Å². The largest absolute Gasteiger partial charge is 0.377 e. The van der Waals surface area contributed by atoms with E-state index in [1.165, 1.54) is 18.4 Å². The average Bonchev–Trinajstić information content (AvgIpc) is 2.47. The van der Waals surface area contributed by atoms with Crippen LogP contribution in [0.25, 0.3) is 0 Å². The van der Waals surface area contributed by atoms with Gasteiger partial charge in [-0.05, 0) is 24.3 Å². The molecule has 1 unspecified atom stereocenters. The second kappa shape index (κ2) is 6.09. The third kappa shape index (κ3) is 2.95. The summed E-state index contributed by atoms with van der Waals surface area (Å²) in [5.74, 6) is 0. The van der Waals surface area contributed by atoms with Gasteiger partial charge in [-0.3, -0.25) is 0 Å². The Morgan fingerprint density at radius 2 is 2.00 bits per heavy atom. The van der Waals surface area contributed by atoms with Crippen molar-refractivity contribution in [3.63, 3.8) is 0 Å². The second-order valence-electron chi connectivity index (χ2n) is 4.94. The lowest BCUT2D eigenvalue weighted by Gasteiger charge is -2.36. The van der Waals surface area contributed by atoms with Crippen molar-refractivity contribution in [2.75, 3.05) is 45.3 Å². The summed E-state index contributed by atoms with van der Waals surface area (Å²) in [6.45, 7) is 2.54. The molecule has 0 bridgehead atoms. The Labute approximate surface area is 120 Å². The highest BCUT2D eigenvalue weighted by Gasteiger charge is 2.23. The number of ether oxygens (including phenoxy) is 1. The molecule has 20 heavy (non-hydrogen) atoms. The molecular weight excluding hydrogens is 278 g/mol. The molecular formula is C13H21N3O3S. The van der Waals surface area contributed by atoms with Crippen LogP contribution in [0.4, 0.5) is 5.69 Å². The summed E-state index contributed by atoms with van der Waals surface area (Å²) in [5.41, 5.74) is 6.72. The molecule has 2 N–H and O–H groups in total. The van der Waals surface area contributed by atoms with E-state index in [1.807, 2.05) is 12.1 Å². The first-order valence-electron chi connectivity index (χ1n) is 6.54. The number of benzene rings is 1. The predicted octanol–water partition coefficient (Wildman–Crippen LogP) is 0.101. The lowest BCUT2D eigenvalue weighted by Crippen LogP contribution is -2.49. The van der Waals surface area contributed by atoms with E-state index >= 15 is 0 Å². The molecule has 0 aliphatic carbocycles. The van der Waals surface area contributed by atoms with E-state index in [1.54, 1.807) is 12.1 Å². The van der Waals surface area contributed by atoms with Crippen molar-refractivity contribution in [1.29, 1.82) is 0 Å². The van der Waals surface area contributed by atoms with Gasteiger partial charge in [0, 0.05) is 32.9 Å². The van der Waals surface area contributed by atoms with Crippen molar-refractivity contribution in [2.45, 2.75) is 10.9 Å². The van der Waals surface area contributed by atoms with Gasteiger partial charge < -0.3 is 15.4 Å². The van der Waals surface area contributed by atoms with E-state index in [9.17, 15) is 8.42 Å². The first-order chi connectivity index (χ1) is 9.46. The van der Waals surface area contributed by atoms with Crippen LogP contribution in [0.2, 0.25) is 0 Å². The fraction of sp³-hybridized carbons (Fsp3) is 0.538. The number of sulfonamides is 1. The van der Waals surface area contributed by atoms with Gasteiger partial charge >= 0.3 is 0 Å². The molecule has 1 atom stereocenters. The maximum Gasteiger partial charge on any atom is 0.242 e. The third-order valence-electron chi connectivity index (χ3n) is 3.45. The summed E-state index contributed by atoms with van der Waals surface area (Å²) in [7, 11) is -0.331. The van der Waals surface area contributed by atoms with Crippen LogP contribution in [0.1, 0.15) is 0 Å². The van der Waals surface area contributed by atoms with Crippen molar-refractivity contribution < 1.29 is 13.2 Å². The minimum absolute atomic E-state index is 0.139. The Balaban J connectivity index is 2.24. The van der Waals surface area contributed by atoms with Crippen LogP contribution in [0.3, 0.4) is 0 Å². The first-order valence-corrected chi connectivity index (χ1v) is 7.98.